The first-order valence-electron chi connectivity index (χ1n) is 7.27. The Morgan fingerprint density at radius 3 is 2.81 bits per heavy atom. The third-order valence-corrected chi connectivity index (χ3v) is 4.75. The van der Waals surface area contributed by atoms with Gasteiger partial charge in [-0.15, -0.1) is 0 Å². The van der Waals surface area contributed by atoms with Crippen LogP contribution in [0.5, 0.6) is 0 Å². The lowest BCUT2D eigenvalue weighted by molar-refractivity contribution is -0.385. The monoisotopic (exact) mass is 286 g/mol. The number of nitro benzene ring substituents is 1. The molecule has 1 aromatic rings. The van der Waals surface area contributed by atoms with E-state index in [1.807, 2.05) is 6.07 Å². The molecule has 2 N–H and O–H groups in total. The maximum Gasteiger partial charge on any atom is 0.287 e. The van der Waals surface area contributed by atoms with Gasteiger partial charge in [-0.25, -0.2) is 0 Å². The van der Waals surface area contributed by atoms with Crippen LogP contribution in [0.25, 0.3) is 0 Å². The molecule has 0 bridgehead atoms. The zero-order chi connectivity index (χ0) is 15.0. The second kappa shape index (κ2) is 5.34. The zero-order valence-corrected chi connectivity index (χ0v) is 11.7. The Bertz CT molecular complexity index is 610. The van der Waals surface area contributed by atoms with Gasteiger partial charge in [0.25, 0.3) is 5.69 Å². The molecule has 0 amide bonds. The van der Waals surface area contributed by atoms with Crippen LogP contribution in [0.4, 0.5) is 11.4 Å². The van der Waals surface area contributed by atoms with Crippen molar-refractivity contribution in [3.8, 4) is 6.07 Å². The van der Waals surface area contributed by atoms with Crippen molar-refractivity contribution in [2.75, 3.05) is 18.0 Å². The lowest BCUT2D eigenvalue weighted by Crippen LogP contribution is -2.32. The van der Waals surface area contributed by atoms with Crippen molar-refractivity contribution in [1.29, 1.82) is 5.26 Å². The topological polar surface area (TPSA) is 96.2 Å². The quantitative estimate of drug-likeness (QED) is 0.662. The Morgan fingerprint density at radius 2 is 2.10 bits per heavy atom. The van der Waals surface area contributed by atoms with E-state index >= 15 is 0 Å². The molecule has 2 aliphatic rings. The van der Waals surface area contributed by atoms with Crippen LogP contribution in [0, 0.1) is 33.3 Å². The summed E-state index contributed by atoms with van der Waals surface area (Å²) in [7, 11) is 0. The van der Waals surface area contributed by atoms with Crippen LogP contribution < -0.4 is 10.6 Å². The van der Waals surface area contributed by atoms with E-state index in [9.17, 15) is 10.1 Å². The van der Waals surface area contributed by atoms with Crippen LogP contribution in [0.15, 0.2) is 18.2 Å². The standard InChI is InChI=1S/C15H18N4O2/c16-7-11-6-14(3-4-15(11)19(20)21)18-8-10-1-2-13(17)5-12(10)9-18/h3-4,6,10,12-13H,1-2,5,8-9,17H2/t10-,12+,13?/m1/s1. The van der Waals surface area contributed by atoms with E-state index in [1.165, 1.54) is 6.07 Å². The Balaban J connectivity index is 1.82. The first-order chi connectivity index (χ1) is 10.1. The average Bonchev–Trinajstić information content (AvgIpc) is 2.89. The van der Waals surface area contributed by atoms with Crippen molar-refractivity contribution >= 4 is 11.4 Å². The molecule has 3 rings (SSSR count). The molecule has 1 aliphatic carbocycles. The summed E-state index contributed by atoms with van der Waals surface area (Å²) >= 11 is 0. The number of nitro groups is 1. The minimum atomic E-state index is -0.509. The predicted molar refractivity (Wildman–Crippen MR) is 78.8 cm³/mol. The number of rotatable bonds is 2. The number of benzene rings is 1. The summed E-state index contributed by atoms with van der Waals surface area (Å²) in [4.78, 5) is 12.6. The summed E-state index contributed by atoms with van der Waals surface area (Å²) in [6.07, 6.45) is 3.29. The number of nitriles is 1. The lowest BCUT2D eigenvalue weighted by atomic mass is 9.79. The van der Waals surface area contributed by atoms with Crippen LogP contribution in [-0.2, 0) is 0 Å². The van der Waals surface area contributed by atoms with Gasteiger partial charge in [0.2, 0.25) is 0 Å². The van der Waals surface area contributed by atoms with Crippen LogP contribution in [0.1, 0.15) is 24.8 Å². The summed E-state index contributed by atoms with van der Waals surface area (Å²) in [5.74, 6) is 1.26. The highest BCUT2D eigenvalue weighted by molar-refractivity contribution is 5.60. The molecular formula is C15H18N4O2. The van der Waals surface area contributed by atoms with E-state index in [2.05, 4.69) is 4.90 Å². The van der Waals surface area contributed by atoms with Crippen molar-refractivity contribution in [1.82, 2.24) is 0 Å². The third kappa shape index (κ3) is 2.57. The maximum absolute atomic E-state index is 10.9. The van der Waals surface area contributed by atoms with Crippen LogP contribution in [0.2, 0.25) is 0 Å². The van der Waals surface area contributed by atoms with Crippen LogP contribution >= 0.6 is 0 Å². The maximum atomic E-state index is 10.9. The van der Waals surface area contributed by atoms with E-state index in [1.54, 1.807) is 12.1 Å². The SMILES string of the molecule is N#Cc1cc(N2C[C@H]3CCC(N)C[C@H]3C2)ccc1[N+](=O)[O-]. The molecule has 0 spiro atoms. The fraction of sp³-hybridized carbons (Fsp3) is 0.533. The summed E-state index contributed by atoms with van der Waals surface area (Å²) in [6, 6.07) is 7.04. The average molecular weight is 286 g/mol. The smallest absolute Gasteiger partial charge is 0.287 e. The molecule has 1 saturated heterocycles. The van der Waals surface area contributed by atoms with Gasteiger partial charge in [0.15, 0.2) is 0 Å². The minimum absolute atomic E-state index is 0.125. The second-order valence-electron chi connectivity index (χ2n) is 6.07. The Hall–Kier alpha value is -2.13. The largest absolute Gasteiger partial charge is 0.371 e. The number of nitrogens with zero attached hydrogens (tertiary/aromatic N) is 3. The van der Waals surface area contributed by atoms with Crippen LogP contribution in [-0.4, -0.2) is 24.1 Å². The molecule has 110 valence electrons. The normalized spacial score (nSPS) is 28.0. The summed E-state index contributed by atoms with van der Waals surface area (Å²) in [6.45, 7) is 1.89. The van der Waals surface area contributed by atoms with E-state index in [-0.39, 0.29) is 11.3 Å². The molecule has 6 heteroatoms. The van der Waals surface area contributed by atoms with Crippen molar-refractivity contribution in [3.05, 3.63) is 33.9 Å². The Labute approximate surface area is 123 Å². The molecule has 1 heterocycles. The van der Waals surface area contributed by atoms with Gasteiger partial charge in [-0.3, -0.25) is 10.1 Å². The number of anilines is 1. The van der Waals surface area contributed by atoms with Crippen molar-refractivity contribution in [2.24, 2.45) is 17.6 Å². The number of hydrogen-bond donors (Lipinski definition) is 1. The first kappa shape index (κ1) is 13.8. The van der Waals surface area contributed by atoms with Gasteiger partial charge in [-0.2, -0.15) is 5.26 Å². The lowest BCUT2D eigenvalue weighted by Gasteiger charge is -2.27. The molecule has 1 saturated carbocycles. The van der Waals surface area contributed by atoms with E-state index in [4.69, 9.17) is 11.0 Å². The molecule has 1 aliphatic heterocycles. The van der Waals surface area contributed by atoms with Gasteiger partial charge >= 0.3 is 0 Å². The fourth-order valence-electron chi connectivity index (χ4n) is 3.65. The molecular weight excluding hydrogens is 268 g/mol. The number of fused-ring (bicyclic) bond motifs is 1. The summed E-state index contributed by atoms with van der Waals surface area (Å²) in [5, 5.41) is 20.0. The molecule has 1 aromatic carbocycles. The van der Waals surface area contributed by atoms with E-state index in [0.717, 1.165) is 38.0 Å². The highest BCUT2D eigenvalue weighted by atomic mass is 16.6. The van der Waals surface area contributed by atoms with E-state index < -0.39 is 4.92 Å². The first-order valence-corrected chi connectivity index (χ1v) is 7.27. The molecule has 1 unspecified atom stereocenters. The highest BCUT2D eigenvalue weighted by Gasteiger charge is 2.37. The van der Waals surface area contributed by atoms with Gasteiger partial charge < -0.3 is 10.6 Å². The number of hydrogen-bond acceptors (Lipinski definition) is 5. The Kier molecular flexibility index (Phi) is 3.52. The van der Waals surface area contributed by atoms with E-state index in [0.29, 0.717) is 17.9 Å². The summed E-state index contributed by atoms with van der Waals surface area (Å²) in [5.41, 5.74) is 6.94. The molecule has 21 heavy (non-hydrogen) atoms. The molecule has 0 radical (unpaired) electrons. The Morgan fingerprint density at radius 1 is 1.33 bits per heavy atom. The minimum Gasteiger partial charge on any atom is -0.371 e. The molecule has 3 atom stereocenters. The van der Waals surface area contributed by atoms with Gasteiger partial charge in [0.1, 0.15) is 11.6 Å². The number of nitrogens with two attached hydrogens (primary N) is 1. The van der Waals surface area contributed by atoms with Crippen molar-refractivity contribution in [2.45, 2.75) is 25.3 Å². The van der Waals surface area contributed by atoms with Crippen LogP contribution in [0.3, 0.4) is 0 Å². The van der Waals surface area contributed by atoms with Crippen molar-refractivity contribution < 1.29 is 4.92 Å². The zero-order valence-electron chi connectivity index (χ0n) is 11.7. The van der Waals surface area contributed by atoms with Crippen molar-refractivity contribution in [3.63, 3.8) is 0 Å². The fourth-order valence-corrected chi connectivity index (χ4v) is 3.65. The summed E-state index contributed by atoms with van der Waals surface area (Å²) < 4.78 is 0. The predicted octanol–water partition coefficient (Wildman–Crippen LogP) is 2.03. The van der Waals surface area contributed by atoms with Gasteiger partial charge in [-0.05, 0) is 43.2 Å². The molecule has 2 fully saturated rings. The third-order valence-electron chi connectivity index (χ3n) is 4.75. The van der Waals surface area contributed by atoms with Gasteiger partial charge in [0, 0.05) is 30.9 Å². The molecule has 0 aromatic heterocycles. The molecule has 6 nitrogen and oxygen atoms in total. The second-order valence-corrected chi connectivity index (χ2v) is 6.07. The highest BCUT2D eigenvalue weighted by Crippen LogP contribution is 2.38. The van der Waals surface area contributed by atoms with Gasteiger partial charge in [-0.1, -0.05) is 0 Å². The van der Waals surface area contributed by atoms with Gasteiger partial charge in [0.05, 0.1) is 4.92 Å².